The van der Waals surface area contributed by atoms with E-state index in [0.29, 0.717) is 12.2 Å². The van der Waals surface area contributed by atoms with Gasteiger partial charge >= 0.3 is 29.6 Å². The van der Waals surface area contributed by atoms with E-state index >= 15 is 0 Å². The molecule has 1 rings (SSSR count). The first-order valence-electron chi connectivity index (χ1n) is 13.7. The van der Waals surface area contributed by atoms with Crippen LogP contribution in [-0.4, -0.2) is 18.4 Å². The first-order valence-corrected chi connectivity index (χ1v) is 15.1. The number of benzene rings is 1. The minimum absolute atomic E-state index is 0. The minimum atomic E-state index is -4.48. The molecule has 1 aromatic carbocycles. The smallest absolute Gasteiger partial charge is 0.745 e. The van der Waals surface area contributed by atoms with Gasteiger partial charge in [-0.2, -0.15) is 0 Å². The average molecular weight is 505 g/mol. The molecule has 0 bridgehead atoms. The van der Waals surface area contributed by atoms with Gasteiger partial charge < -0.3 is 9.29 Å². The number of unbranched alkanes of at least 4 members (excludes halogenated alkanes) is 12. The van der Waals surface area contributed by atoms with Gasteiger partial charge in [-0.3, -0.25) is 0 Å². The topological polar surface area (TPSA) is 66.4 Å². The van der Waals surface area contributed by atoms with Crippen LogP contribution in [-0.2, 0) is 23.0 Å². The Labute approximate surface area is 233 Å². The molecule has 1 atom stereocenters. The molecule has 0 aliphatic carbocycles. The monoisotopic (exact) mass is 504 g/mol. The summed E-state index contributed by atoms with van der Waals surface area (Å²) < 4.78 is 40.4. The Morgan fingerprint density at radius 3 is 1.65 bits per heavy atom. The second kappa shape index (κ2) is 21.1. The van der Waals surface area contributed by atoms with Crippen molar-refractivity contribution in [2.75, 3.05) is 0 Å². The molecule has 0 aromatic heterocycles. The van der Waals surface area contributed by atoms with Gasteiger partial charge in [-0.1, -0.05) is 110 Å². The zero-order valence-electron chi connectivity index (χ0n) is 22.6. The van der Waals surface area contributed by atoms with Crippen molar-refractivity contribution in [1.82, 2.24) is 0 Å². The molecule has 0 saturated carbocycles. The molecular formula is C28H49NaO4S. The Morgan fingerprint density at radius 2 is 1.18 bits per heavy atom. The van der Waals surface area contributed by atoms with Crippen LogP contribution in [0.5, 0.6) is 5.75 Å². The minimum Gasteiger partial charge on any atom is -0.745 e. The Kier molecular flexibility index (Phi) is 21.0. The van der Waals surface area contributed by atoms with Crippen molar-refractivity contribution in [3.8, 4) is 5.75 Å². The summed E-state index contributed by atoms with van der Waals surface area (Å²) in [4.78, 5) is 0. The molecule has 1 unspecified atom stereocenters. The molecule has 0 spiro atoms. The molecule has 0 aliphatic rings. The third-order valence-corrected chi connectivity index (χ3v) is 7.37. The summed E-state index contributed by atoms with van der Waals surface area (Å²) in [5, 5.41) is 0. The fraction of sp³-hybridized carbons (Fsp3) is 0.786. The van der Waals surface area contributed by atoms with Gasteiger partial charge in [-0.15, -0.1) is 0 Å². The first kappa shape index (κ1) is 33.9. The molecule has 0 radical (unpaired) electrons. The van der Waals surface area contributed by atoms with Gasteiger partial charge in [0.15, 0.2) is 5.44 Å². The standard InChI is InChI=1S/C28H50O4S.Na/c1-4-7-9-11-13-15-17-20-25-22-23-27(32-28(19-6-3)33(29,30)31)24-26(25)21-18-16-14-12-10-8-5-2;/h22-24,28H,4-21H2,1-3H3,(H,29,30,31);/q;+1/p-1. The van der Waals surface area contributed by atoms with E-state index in [2.05, 4.69) is 19.9 Å². The van der Waals surface area contributed by atoms with E-state index < -0.39 is 15.6 Å². The van der Waals surface area contributed by atoms with Gasteiger partial charge in [-0.05, 0) is 55.4 Å². The van der Waals surface area contributed by atoms with E-state index in [1.807, 2.05) is 19.1 Å². The summed E-state index contributed by atoms with van der Waals surface area (Å²) in [6, 6.07) is 5.92. The van der Waals surface area contributed by atoms with Crippen LogP contribution in [0.2, 0.25) is 0 Å². The second-order valence-electron chi connectivity index (χ2n) is 9.50. The van der Waals surface area contributed by atoms with Crippen LogP contribution in [0.4, 0.5) is 0 Å². The fourth-order valence-corrected chi connectivity index (χ4v) is 5.10. The summed E-state index contributed by atoms with van der Waals surface area (Å²) in [5.41, 5.74) is 1.30. The Bertz CT molecular complexity index is 721. The van der Waals surface area contributed by atoms with Crippen LogP contribution >= 0.6 is 0 Å². The van der Waals surface area contributed by atoms with E-state index in [1.165, 1.54) is 94.6 Å². The Hall–Kier alpha value is -0.0700. The first-order chi connectivity index (χ1) is 15.9. The molecule has 0 fully saturated rings. The molecule has 0 amide bonds. The van der Waals surface area contributed by atoms with Crippen LogP contribution in [0, 0.1) is 0 Å². The van der Waals surface area contributed by atoms with E-state index in [1.54, 1.807) is 0 Å². The number of aryl methyl sites for hydroxylation is 2. The third kappa shape index (κ3) is 15.8. The van der Waals surface area contributed by atoms with Crippen molar-refractivity contribution in [2.45, 2.75) is 142 Å². The molecule has 0 N–H and O–H groups in total. The van der Waals surface area contributed by atoms with Gasteiger partial charge in [0.2, 0.25) is 0 Å². The summed E-state index contributed by atoms with van der Waals surface area (Å²) in [6.07, 6.45) is 20.7. The maximum Gasteiger partial charge on any atom is 1.00 e. The largest absolute Gasteiger partial charge is 1.00 e. The van der Waals surface area contributed by atoms with Crippen LogP contribution in [0.1, 0.15) is 135 Å². The number of hydrogen-bond acceptors (Lipinski definition) is 4. The summed E-state index contributed by atoms with van der Waals surface area (Å²) >= 11 is 0. The predicted octanol–water partition coefficient (Wildman–Crippen LogP) is 5.33. The maximum absolute atomic E-state index is 11.6. The van der Waals surface area contributed by atoms with Crippen LogP contribution < -0.4 is 34.3 Å². The van der Waals surface area contributed by atoms with Crippen LogP contribution in [0.25, 0.3) is 0 Å². The van der Waals surface area contributed by atoms with E-state index in [-0.39, 0.29) is 36.0 Å². The number of hydrogen-bond donors (Lipinski definition) is 0. The molecule has 192 valence electrons. The van der Waals surface area contributed by atoms with E-state index in [4.69, 9.17) is 4.74 Å². The molecule has 0 heterocycles. The SMILES string of the molecule is CCCCCCCCCc1ccc(OC(CCC)S(=O)(=O)[O-])cc1CCCCCCCCC.[Na+]. The maximum atomic E-state index is 11.6. The van der Waals surface area contributed by atoms with Crippen molar-refractivity contribution in [1.29, 1.82) is 0 Å². The summed E-state index contributed by atoms with van der Waals surface area (Å²) in [6.45, 7) is 6.35. The molecular weight excluding hydrogens is 455 g/mol. The van der Waals surface area contributed by atoms with Crippen molar-refractivity contribution in [3.05, 3.63) is 29.3 Å². The van der Waals surface area contributed by atoms with Gasteiger partial charge in [0.25, 0.3) is 0 Å². The van der Waals surface area contributed by atoms with Gasteiger partial charge in [0.1, 0.15) is 15.9 Å². The summed E-state index contributed by atoms with van der Waals surface area (Å²) in [7, 11) is -4.48. The van der Waals surface area contributed by atoms with Gasteiger partial charge in [0, 0.05) is 0 Å². The van der Waals surface area contributed by atoms with Crippen molar-refractivity contribution >= 4 is 10.1 Å². The van der Waals surface area contributed by atoms with Crippen molar-refractivity contribution < 1.29 is 47.3 Å². The number of ether oxygens (including phenoxy) is 1. The third-order valence-electron chi connectivity index (χ3n) is 6.39. The van der Waals surface area contributed by atoms with Gasteiger partial charge in [0.05, 0.1) is 0 Å². The molecule has 1 aromatic rings. The van der Waals surface area contributed by atoms with Gasteiger partial charge in [-0.25, -0.2) is 8.42 Å². The molecule has 6 heteroatoms. The normalized spacial score (nSPS) is 12.4. The zero-order chi connectivity index (χ0) is 24.4. The van der Waals surface area contributed by atoms with Crippen LogP contribution in [0.3, 0.4) is 0 Å². The zero-order valence-corrected chi connectivity index (χ0v) is 25.4. The Balaban J connectivity index is 0.0000109. The molecule has 0 saturated heterocycles. The van der Waals surface area contributed by atoms with Crippen molar-refractivity contribution in [3.63, 3.8) is 0 Å². The summed E-state index contributed by atoms with van der Waals surface area (Å²) in [5.74, 6) is 0.508. The molecule has 0 aliphatic heterocycles. The second-order valence-corrected chi connectivity index (χ2v) is 11.0. The van der Waals surface area contributed by atoms with Crippen molar-refractivity contribution in [2.24, 2.45) is 0 Å². The average Bonchev–Trinajstić information content (AvgIpc) is 2.78. The van der Waals surface area contributed by atoms with E-state index in [9.17, 15) is 13.0 Å². The fourth-order valence-electron chi connectivity index (χ4n) is 4.35. The molecule has 34 heavy (non-hydrogen) atoms. The number of rotatable bonds is 21. The van der Waals surface area contributed by atoms with E-state index in [0.717, 1.165) is 19.3 Å². The quantitative estimate of drug-likeness (QED) is 0.129. The Morgan fingerprint density at radius 1 is 0.706 bits per heavy atom. The molecule has 4 nitrogen and oxygen atoms in total. The van der Waals surface area contributed by atoms with Crippen LogP contribution in [0.15, 0.2) is 18.2 Å². The predicted molar refractivity (Wildman–Crippen MR) is 139 cm³/mol.